The van der Waals surface area contributed by atoms with E-state index in [0.717, 1.165) is 30.8 Å². The van der Waals surface area contributed by atoms with E-state index in [1.54, 1.807) is 0 Å². The van der Waals surface area contributed by atoms with Gasteiger partial charge in [0, 0.05) is 18.7 Å². The molecule has 1 saturated heterocycles. The topological polar surface area (TPSA) is 58.4 Å². The molecule has 0 bridgehead atoms. The molecule has 1 aliphatic heterocycles. The molecule has 1 aliphatic rings. The summed E-state index contributed by atoms with van der Waals surface area (Å²) < 4.78 is 0. The lowest BCUT2D eigenvalue weighted by molar-refractivity contribution is 0.182. The van der Waals surface area contributed by atoms with Crippen LogP contribution in [0.2, 0.25) is 0 Å². The summed E-state index contributed by atoms with van der Waals surface area (Å²) in [6, 6.07) is 7.50. The Morgan fingerprint density at radius 3 is 3.05 bits per heavy atom. The molecule has 2 rings (SSSR count). The zero-order valence-electron chi connectivity index (χ0n) is 11.9. The van der Waals surface area contributed by atoms with E-state index in [-0.39, 0.29) is 6.03 Å². The maximum atomic E-state index is 12.3. The molecule has 1 fully saturated rings. The van der Waals surface area contributed by atoms with Gasteiger partial charge < -0.3 is 16.0 Å². The van der Waals surface area contributed by atoms with E-state index in [2.05, 4.69) is 24.1 Å². The maximum Gasteiger partial charge on any atom is 0.321 e. The normalized spacial score (nSPS) is 18.1. The summed E-state index contributed by atoms with van der Waals surface area (Å²) in [6.07, 6.45) is 2.27. The van der Waals surface area contributed by atoms with Crippen molar-refractivity contribution < 1.29 is 4.79 Å². The predicted molar refractivity (Wildman–Crippen MR) is 81.4 cm³/mol. The number of carbonyl (C=O) groups is 1. The number of nitrogens with zero attached hydrogens (tertiary/aromatic N) is 1. The summed E-state index contributed by atoms with van der Waals surface area (Å²) >= 11 is 0. The number of amides is 2. The van der Waals surface area contributed by atoms with Gasteiger partial charge in [0.25, 0.3) is 0 Å². The quantitative estimate of drug-likeness (QED) is 0.770. The van der Waals surface area contributed by atoms with Gasteiger partial charge in [-0.15, -0.1) is 0 Å². The second-order valence-corrected chi connectivity index (χ2v) is 5.18. The Kier molecular flexibility index (Phi) is 5.03. The molecule has 1 aromatic carbocycles. The number of carbonyl (C=O) groups excluding carboxylic acids is 1. The van der Waals surface area contributed by atoms with Gasteiger partial charge in [-0.05, 0) is 30.9 Å². The lowest BCUT2D eigenvalue weighted by Crippen LogP contribution is -2.41. The van der Waals surface area contributed by atoms with Crippen molar-refractivity contribution in [3.8, 4) is 11.8 Å². The summed E-state index contributed by atoms with van der Waals surface area (Å²) in [5.74, 6) is 6.37. The molecule has 3 N–H and O–H groups in total. The highest BCUT2D eigenvalue weighted by atomic mass is 16.2. The molecule has 0 aliphatic carbocycles. The van der Waals surface area contributed by atoms with Crippen LogP contribution in [-0.2, 0) is 0 Å². The van der Waals surface area contributed by atoms with Crippen LogP contribution in [0.1, 0.15) is 25.3 Å². The van der Waals surface area contributed by atoms with E-state index < -0.39 is 0 Å². The maximum absolute atomic E-state index is 12.3. The minimum Gasteiger partial charge on any atom is -0.324 e. The highest BCUT2D eigenvalue weighted by molar-refractivity contribution is 5.91. The smallest absolute Gasteiger partial charge is 0.321 e. The van der Waals surface area contributed by atoms with Crippen LogP contribution in [0.4, 0.5) is 10.5 Å². The number of nitrogens with one attached hydrogen (secondary N) is 1. The van der Waals surface area contributed by atoms with Crippen molar-refractivity contribution in [3.63, 3.8) is 0 Å². The zero-order valence-corrected chi connectivity index (χ0v) is 11.9. The lowest BCUT2D eigenvalue weighted by Gasteiger charge is -2.31. The molecular weight excluding hydrogens is 250 g/mol. The molecule has 0 radical (unpaired) electrons. The van der Waals surface area contributed by atoms with Gasteiger partial charge in [0.2, 0.25) is 0 Å². The van der Waals surface area contributed by atoms with E-state index in [1.807, 2.05) is 29.2 Å². The van der Waals surface area contributed by atoms with Gasteiger partial charge >= 0.3 is 6.03 Å². The van der Waals surface area contributed by atoms with Crippen LogP contribution in [0.5, 0.6) is 0 Å². The number of anilines is 1. The largest absolute Gasteiger partial charge is 0.324 e. The Morgan fingerprint density at radius 1 is 1.50 bits per heavy atom. The fourth-order valence-corrected chi connectivity index (χ4v) is 2.42. The third-order valence-corrected chi connectivity index (χ3v) is 3.44. The molecule has 1 atom stereocenters. The fraction of sp³-hybridized carbons (Fsp3) is 0.438. The number of urea groups is 1. The Bertz CT molecular complexity index is 530. The average molecular weight is 271 g/mol. The highest BCUT2D eigenvalue weighted by Gasteiger charge is 2.21. The second-order valence-electron chi connectivity index (χ2n) is 5.18. The molecule has 1 unspecified atom stereocenters. The number of likely N-dealkylation sites (tertiary alicyclic amines) is 1. The molecular formula is C16H21N3O. The number of para-hydroxylation sites is 1. The molecule has 4 nitrogen and oxygen atoms in total. The first kappa shape index (κ1) is 14.4. The first-order chi connectivity index (χ1) is 9.70. The molecule has 20 heavy (non-hydrogen) atoms. The molecule has 0 saturated carbocycles. The lowest BCUT2D eigenvalue weighted by atomic mass is 10.0. The van der Waals surface area contributed by atoms with Gasteiger partial charge in [0.05, 0.1) is 12.2 Å². The van der Waals surface area contributed by atoms with E-state index in [0.29, 0.717) is 12.5 Å². The number of hydrogen-bond acceptors (Lipinski definition) is 2. The van der Waals surface area contributed by atoms with E-state index in [9.17, 15) is 4.79 Å². The van der Waals surface area contributed by atoms with E-state index in [1.165, 1.54) is 6.42 Å². The molecule has 106 valence electrons. The summed E-state index contributed by atoms with van der Waals surface area (Å²) in [6.45, 7) is 4.14. The first-order valence-electron chi connectivity index (χ1n) is 7.04. The van der Waals surface area contributed by atoms with Crippen molar-refractivity contribution in [2.45, 2.75) is 19.8 Å². The van der Waals surface area contributed by atoms with Crippen molar-refractivity contribution in [2.24, 2.45) is 11.7 Å². The summed E-state index contributed by atoms with van der Waals surface area (Å²) in [4.78, 5) is 14.2. The monoisotopic (exact) mass is 271 g/mol. The van der Waals surface area contributed by atoms with Crippen molar-refractivity contribution in [1.29, 1.82) is 0 Å². The number of piperidine rings is 1. The zero-order chi connectivity index (χ0) is 14.4. The van der Waals surface area contributed by atoms with Gasteiger partial charge in [-0.3, -0.25) is 0 Å². The van der Waals surface area contributed by atoms with Gasteiger partial charge in [-0.25, -0.2) is 4.79 Å². The number of benzene rings is 1. The van der Waals surface area contributed by atoms with Crippen LogP contribution in [0, 0.1) is 17.8 Å². The molecule has 0 spiro atoms. The van der Waals surface area contributed by atoms with Crippen LogP contribution in [0.25, 0.3) is 0 Å². The third kappa shape index (κ3) is 3.75. The fourth-order valence-electron chi connectivity index (χ4n) is 2.42. The first-order valence-corrected chi connectivity index (χ1v) is 7.04. The van der Waals surface area contributed by atoms with Crippen LogP contribution < -0.4 is 11.1 Å². The van der Waals surface area contributed by atoms with Crippen molar-refractivity contribution in [3.05, 3.63) is 29.8 Å². The van der Waals surface area contributed by atoms with Crippen LogP contribution >= 0.6 is 0 Å². The van der Waals surface area contributed by atoms with Crippen LogP contribution in [0.3, 0.4) is 0 Å². The number of hydrogen-bond donors (Lipinski definition) is 2. The van der Waals surface area contributed by atoms with Crippen LogP contribution in [-0.4, -0.2) is 30.6 Å². The van der Waals surface area contributed by atoms with Gasteiger partial charge in [-0.2, -0.15) is 0 Å². The average Bonchev–Trinajstić information content (AvgIpc) is 2.46. The summed E-state index contributed by atoms with van der Waals surface area (Å²) in [5.41, 5.74) is 6.94. The van der Waals surface area contributed by atoms with Gasteiger partial charge in [0.1, 0.15) is 0 Å². The minimum absolute atomic E-state index is 0.0430. The Labute approximate surface area is 120 Å². The second kappa shape index (κ2) is 6.97. The van der Waals surface area contributed by atoms with Crippen molar-refractivity contribution in [1.82, 2.24) is 4.90 Å². The molecule has 2 amide bonds. The molecule has 1 aromatic rings. The SMILES string of the molecule is CC1CCCN(C(=O)Nc2ccccc2C#CCN)C1. The molecule has 4 heteroatoms. The Hall–Kier alpha value is -1.99. The summed E-state index contributed by atoms with van der Waals surface area (Å²) in [5, 5.41) is 2.95. The molecule has 1 heterocycles. The standard InChI is InChI=1S/C16H21N3O/c1-13-6-5-11-19(12-13)16(20)18-15-9-3-2-7-14(15)8-4-10-17/h2-3,7,9,13H,5-6,10-12,17H2,1H3,(H,18,20). The molecule has 0 aromatic heterocycles. The Balaban J connectivity index is 2.07. The summed E-state index contributed by atoms with van der Waals surface area (Å²) in [7, 11) is 0. The third-order valence-electron chi connectivity index (χ3n) is 3.44. The van der Waals surface area contributed by atoms with Crippen molar-refractivity contribution in [2.75, 3.05) is 25.0 Å². The minimum atomic E-state index is -0.0430. The van der Waals surface area contributed by atoms with E-state index >= 15 is 0 Å². The number of nitrogens with two attached hydrogens (primary N) is 1. The van der Waals surface area contributed by atoms with Gasteiger partial charge in [0.15, 0.2) is 0 Å². The van der Waals surface area contributed by atoms with E-state index in [4.69, 9.17) is 5.73 Å². The van der Waals surface area contributed by atoms with Crippen LogP contribution in [0.15, 0.2) is 24.3 Å². The van der Waals surface area contributed by atoms with Gasteiger partial charge in [-0.1, -0.05) is 30.9 Å². The highest BCUT2D eigenvalue weighted by Crippen LogP contribution is 2.18. The number of rotatable bonds is 1. The Morgan fingerprint density at radius 2 is 2.30 bits per heavy atom. The predicted octanol–water partition coefficient (Wildman–Crippen LogP) is 2.26. The van der Waals surface area contributed by atoms with Crippen molar-refractivity contribution >= 4 is 11.7 Å².